The van der Waals surface area contributed by atoms with Gasteiger partial charge in [0.15, 0.2) is 0 Å². The van der Waals surface area contributed by atoms with Crippen molar-refractivity contribution in [2.45, 2.75) is 25.5 Å². The van der Waals surface area contributed by atoms with Crippen LogP contribution in [0, 0.1) is 23.5 Å². The van der Waals surface area contributed by atoms with E-state index in [4.69, 9.17) is 0 Å². The van der Waals surface area contributed by atoms with Crippen LogP contribution in [0.4, 0.5) is 8.78 Å². The second-order valence-electron chi connectivity index (χ2n) is 6.01. The lowest BCUT2D eigenvalue weighted by molar-refractivity contribution is -0.0453. The van der Waals surface area contributed by atoms with Crippen molar-refractivity contribution >= 4 is 25.3 Å². The van der Waals surface area contributed by atoms with E-state index in [-0.39, 0.29) is 23.9 Å². The van der Waals surface area contributed by atoms with Crippen molar-refractivity contribution in [3.63, 3.8) is 0 Å². The predicted octanol–water partition coefficient (Wildman–Crippen LogP) is 2.95. The highest BCUT2D eigenvalue weighted by atomic mass is 32.1. The molecule has 1 aromatic heterocycles. The summed E-state index contributed by atoms with van der Waals surface area (Å²) in [6, 6.07) is 3.21. The van der Waals surface area contributed by atoms with Crippen molar-refractivity contribution < 1.29 is 13.9 Å². The van der Waals surface area contributed by atoms with Gasteiger partial charge in [0.2, 0.25) is 0 Å². The molecule has 4 nitrogen and oxygen atoms in total. The molecule has 2 atom stereocenters. The quantitative estimate of drug-likeness (QED) is 0.624. The summed E-state index contributed by atoms with van der Waals surface area (Å²) in [5, 5.41) is 15.3. The van der Waals surface area contributed by atoms with Crippen LogP contribution in [0.5, 0.6) is 0 Å². The van der Waals surface area contributed by atoms with Gasteiger partial charge in [-0.05, 0) is 35.8 Å². The number of hydrogen-bond donors (Lipinski definition) is 3. The van der Waals surface area contributed by atoms with Crippen LogP contribution in [0.3, 0.4) is 0 Å². The Morgan fingerprint density at radius 1 is 1.29 bits per heavy atom. The van der Waals surface area contributed by atoms with Crippen LogP contribution in [-0.2, 0) is 12.1 Å². The third-order valence-corrected chi connectivity index (χ3v) is 5.32. The van der Waals surface area contributed by atoms with Crippen LogP contribution in [0.15, 0.2) is 30.9 Å². The lowest BCUT2D eigenvalue weighted by atomic mass is 9.77. The first-order chi connectivity index (χ1) is 11.4. The van der Waals surface area contributed by atoms with E-state index >= 15 is 0 Å². The number of hydrogen-bond acceptors (Lipinski definition) is 5. The molecule has 1 heterocycles. The van der Waals surface area contributed by atoms with Gasteiger partial charge in [-0.3, -0.25) is 0 Å². The van der Waals surface area contributed by atoms with Gasteiger partial charge in [-0.15, -0.1) is 0 Å². The van der Waals surface area contributed by atoms with Gasteiger partial charge in [0.25, 0.3) is 0 Å². The van der Waals surface area contributed by atoms with Crippen molar-refractivity contribution in [2.24, 2.45) is 11.8 Å². The van der Waals surface area contributed by atoms with E-state index in [1.165, 1.54) is 23.4 Å². The highest BCUT2D eigenvalue weighted by Crippen LogP contribution is 2.37. The standard InChI is InChI=1S/C16H21F2N3OS2/c1-11(4-12(6-23)7-24)16(22,8-21-10-19-9-20-21)14-3-2-13(17)5-15(14)18/h2-3,5,9-12,22-24H,4,6-8H2,1H3/t11-,16+/m0/s1. The van der Waals surface area contributed by atoms with E-state index in [1.54, 1.807) is 0 Å². The zero-order valence-corrected chi connectivity index (χ0v) is 15.1. The molecule has 0 saturated heterocycles. The largest absolute Gasteiger partial charge is 0.383 e. The first-order valence-corrected chi connectivity index (χ1v) is 8.89. The second-order valence-corrected chi connectivity index (χ2v) is 6.74. The molecule has 0 unspecified atom stereocenters. The smallest absolute Gasteiger partial charge is 0.137 e. The van der Waals surface area contributed by atoms with Crippen LogP contribution >= 0.6 is 25.3 Å². The fraction of sp³-hybridized carbons (Fsp3) is 0.500. The van der Waals surface area contributed by atoms with Gasteiger partial charge in [-0.1, -0.05) is 13.0 Å². The first-order valence-electron chi connectivity index (χ1n) is 7.62. The van der Waals surface area contributed by atoms with Crippen molar-refractivity contribution in [2.75, 3.05) is 11.5 Å². The van der Waals surface area contributed by atoms with Crippen molar-refractivity contribution in [3.8, 4) is 0 Å². The van der Waals surface area contributed by atoms with Crippen LogP contribution in [0.25, 0.3) is 0 Å². The van der Waals surface area contributed by atoms with Gasteiger partial charge in [0.05, 0.1) is 6.54 Å². The third-order valence-electron chi connectivity index (χ3n) is 4.29. The Morgan fingerprint density at radius 3 is 2.54 bits per heavy atom. The Labute approximate surface area is 151 Å². The third kappa shape index (κ3) is 4.29. The van der Waals surface area contributed by atoms with E-state index in [0.717, 1.165) is 12.1 Å². The highest BCUT2D eigenvalue weighted by Gasteiger charge is 2.39. The Kier molecular flexibility index (Phi) is 6.65. The van der Waals surface area contributed by atoms with Crippen LogP contribution in [0.1, 0.15) is 18.9 Å². The Balaban J connectivity index is 2.40. The highest BCUT2D eigenvalue weighted by molar-refractivity contribution is 7.81. The fourth-order valence-electron chi connectivity index (χ4n) is 2.81. The zero-order chi connectivity index (χ0) is 17.7. The van der Waals surface area contributed by atoms with Gasteiger partial charge in [0, 0.05) is 11.6 Å². The summed E-state index contributed by atoms with van der Waals surface area (Å²) in [6.45, 7) is 1.85. The summed E-state index contributed by atoms with van der Waals surface area (Å²) in [4.78, 5) is 3.85. The van der Waals surface area contributed by atoms with Crippen LogP contribution in [0.2, 0.25) is 0 Å². The molecule has 0 aliphatic carbocycles. The van der Waals surface area contributed by atoms with Gasteiger partial charge in [-0.25, -0.2) is 18.4 Å². The first kappa shape index (κ1) is 19.2. The zero-order valence-electron chi connectivity index (χ0n) is 13.3. The molecular formula is C16H21F2N3OS2. The maximum absolute atomic E-state index is 14.4. The minimum Gasteiger partial charge on any atom is -0.383 e. The number of halogens is 2. The molecule has 2 aromatic rings. The van der Waals surface area contributed by atoms with Gasteiger partial charge in [0.1, 0.15) is 29.9 Å². The Bertz CT molecular complexity index is 653. The average Bonchev–Trinajstić information content (AvgIpc) is 3.04. The molecule has 0 radical (unpaired) electrons. The average molecular weight is 373 g/mol. The van der Waals surface area contributed by atoms with Gasteiger partial charge in [-0.2, -0.15) is 30.4 Å². The van der Waals surface area contributed by atoms with Crippen molar-refractivity contribution in [3.05, 3.63) is 48.1 Å². The Hall–Kier alpha value is -1.12. The molecule has 1 aromatic carbocycles. The number of nitrogens with zero attached hydrogens (tertiary/aromatic N) is 3. The Morgan fingerprint density at radius 2 is 2.00 bits per heavy atom. The van der Waals surface area contributed by atoms with E-state index in [2.05, 4.69) is 35.3 Å². The molecule has 0 aliphatic heterocycles. The number of rotatable bonds is 8. The predicted molar refractivity (Wildman–Crippen MR) is 95.3 cm³/mol. The molecule has 0 aliphatic rings. The SMILES string of the molecule is C[C@@H](CC(CS)CS)[C@](O)(Cn1cncn1)c1ccc(F)cc1F. The number of thiol groups is 2. The fourth-order valence-corrected chi connectivity index (χ4v) is 3.57. The normalized spacial score (nSPS) is 15.5. The minimum atomic E-state index is -1.56. The molecule has 24 heavy (non-hydrogen) atoms. The molecule has 0 spiro atoms. The maximum Gasteiger partial charge on any atom is 0.137 e. The summed E-state index contributed by atoms with van der Waals surface area (Å²) in [7, 11) is 0. The monoisotopic (exact) mass is 373 g/mol. The van der Waals surface area contributed by atoms with E-state index in [1.807, 2.05) is 6.92 Å². The lowest BCUT2D eigenvalue weighted by Gasteiger charge is -2.36. The molecule has 1 N–H and O–H groups in total. The molecule has 8 heteroatoms. The number of aliphatic hydroxyl groups is 1. The number of aromatic nitrogens is 3. The summed E-state index contributed by atoms with van der Waals surface area (Å²) in [5.41, 5.74) is -1.51. The molecule has 132 valence electrons. The van der Waals surface area contributed by atoms with E-state index < -0.39 is 17.2 Å². The molecule has 0 saturated carbocycles. The summed E-state index contributed by atoms with van der Waals surface area (Å²) >= 11 is 8.59. The summed E-state index contributed by atoms with van der Waals surface area (Å²) in [6.07, 6.45) is 3.39. The maximum atomic E-state index is 14.4. The molecule has 0 fully saturated rings. The van der Waals surface area contributed by atoms with Gasteiger partial charge < -0.3 is 5.11 Å². The number of benzene rings is 1. The summed E-state index contributed by atoms with van der Waals surface area (Å²) in [5.74, 6) is -0.407. The van der Waals surface area contributed by atoms with E-state index in [9.17, 15) is 13.9 Å². The topological polar surface area (TPSA) is 50.9 Å². The summed E-state index contributed by atoms with van der Waals surface area (Å²) < 4.78 is 29.1. The van der Waals surface area contributed by atoms with E-state index in [0.29, 0.717) is 17.9 Å². The molecular weight excluding hydrogens is 352 g/mol. The van der Waals surface area contributed by atoms with Crippen molar-refractivity contribution in [1.29, 1.82) is 0 Å². The lowest BCUT2D eigenvalue weighted by Crippen LogP contribution is -2.40. The van der Waals surface area contributed by atoms with Crippen molar-refractivity contribution in [1.82, 2.24) is 14.8 Å². The molecule has 0 bridgehead atoms. The second kappa shape index (κ2) is 8.31. The minimum absolute atomic E-state index is 0.0165. The van der Waals surface area contributed by atoms with Gasteiger partial charge >= 0.3 is 0 Å². The van der Waals surface area contributed by atoms with Crippen LogP contribution in [-0.4, -0.2) is 31.4 Å². The van der Waals surface area contributed by atoms with Crippen LogP contribution < -0.4 is 0 Å². The molecule has 0 amide bonds. The molecule has 2 rings (SSSR count).